The Balaban J connectivity index is 2.35. The van der Waals surface area contributed by atoms with Gasteiger partial charge in [0.15, 0.2) is 0 Å². The quantitative estimate of drug-likeness (QED) is 0.708. The summed E-state index contributed by atoms with van der Waals surface area (Å²) in [4.78, 5) is 0. The van der Waals surface area contributed by atoms with Crippen LogP contribution in [0.25, 0.3) is 0 Å². The fourth-order valence-corrected chi connectivity index (χ4v) is 2.58. The molecule has 0 aromatic heterocycles. The van der Waals surface area contributed by atoms with Crippen LogP contribution >= 0.6 is 11.8 Å². The number of anilines is 1. The van der Waals surface area contributed by atoms with E-state index >= 15 is 0 Å². The molecule has 0 saturated carbocycles. The van der Waals surface area contributed by atoms with Crippen molar-refractivity contribution in [3.8, 4) is 5.75 Å². The highest BCUT2D eigenvalue weighted by Gasteiger charge is 2.11. The summed E-state index contributed by atoms with van der Waals surface area (Å²) in [7, 11) is -3.29. The smallest absolute Gasteiger partial charge is 0.214 e. The van der Waals surface area contributed by atoms with Crippen LogP contribution in [0.1, 0.15) is 6.92 Å². The second-order valence-electron chi connectivity index (χ2n) is 4.13. The Bertz CT molecular complexity index is 492. The molecule has 1 aromatic rings. The molecular formula is C12H20N2O3S2. The van der Waals surface area contributed by atoms with Crippen LogP contribution in [0.3, 0.4) is 0 Å². The van der Waals surface area contributed by atoms with Gasteiger partial charge in [-0.3, -0.25) is 0 Å². The van der Waals surface area contributed by atoms with E-state index in [0.29, 0.717) is 18.0 Å². The van der Waals surface area contributed by atoms with E-state index in [-0.39, 0.29) is 17.6 Å². The molecule has 1 aromatic carbocycles. The maximum absolute atomic E-state index is 11.7. The number of benzene rings is 1. The van der Waals surface area contributed by atoms with Gasteiger partial charge in [-0.2, -0.15) is 11.8 Å². The molecule has 1 rings (SSSR count). The summed E-state index contributed by atoms with van der Waals surface area (Å²) in [5.74, 6) is 0.510. The minimum atomic E-state index is -3.29. The van der Waals surface area contributed by atoms with Crippen LogP contribution in [0.4, 0.5) is 5.69 Å². The Morgan fingerprint density at radius 3 is 2.84 bits per heavy atom. The lowest BCUT2D eigenvalue weighted by Crippen LogP contribution is -2.33. The zero-order valence-corrected chi connectivity index (χ0v) is 12.8. The average molecular weight is 304 g/mol. The Hall–Kier alpha value is -0.920. The van der Waals surface area contributed by atoms with E-state index in [1.54, 1.807) is 36.0 Å². The minimum Gasteiger partial charge on any atom is -0.492 e. The summed E-state index contributed by atoms with van der Waals surface area (Å²) < 4.78 is 31.3. The van der Waals surface area contributed by atoms with Gasteiger partial charge in [-0.05, 0) is 18.4 Å². The van der Waals surface area contributed by atoms with Crippen molar-refractivity contribution in [1.29, 1.82) is 0 Å². The van der Waals surface area contributed by atoms with Crippen molar-refractivity contribution < 1.29 is 13.2 Å². The first-order valence-electron chi connectivity index (χ1n) is 5.91. The molecule has 0 bridgehead atoms. The first kappa shape index (κ1) is 16.1. The van der Waals surface area contributed by atoms with Crippen molar-refractivity contribution >= 4 is 27.5 Å². The number of thioether (sulfide) groups is 1. The Kier molecular flexibility index (Phi) is 6.47. The van der Waals surface area contributed by atoms with Gasteiger partial charge in [-0.15, -0.1) is 0 Å². The lowest BCUT2D eigenvalue weighted by Gasteiger charge is -2.11. The van der Waals surface area contributed by atoms with E-state index in [2.05, 4.69) is 4.72 Å². The molecule has 0 heterocycles. The van der Waals surface area contributed by atoms with Crippen LogP contribution in [0, 0.1) is 0 Å². The monoisotopic (exact) mass is 304 g/mol. The van der Waals surface area contributed by atoms with Gasteiger partial charge in [0.25, 0.3) is 0 Å². The van der Waals surface area contributed by atoms with Gasteiger partial charge < -0.3 is 10.5 Å². The average Bonchev–Trinajstić information content (AvgIpc) is 2.36. The molecule has 0 fully saturated rings. The predicted molar refractivity (Wildman–Crippen MR) is 81.1 cm³/mol. The molecule has 5 nitrogen and oxygen atoms in total. The maximum Gasteiger partial charge on any atom is 0.214 e. The minimum absolute atomic E-state index is 0.0666. The summed E-state index contributed by atoms with van der Waals surface area (Å²) in [5.41, 5.74) is 6.19. The highest BCUT2D eigenvalue weighted by Crippen LogP contribution is 2.14. The van der Waals surface area contributed by atoms with Crippen molar-refractivity contribution in [1.82, 2.24) is 4.72 Å². The van der Waals surface area contributed by atoms with Gasteiger partial charge in [0.1, 0.15) is 12.4 Å². The molecule has 0 spiro atoms. The Labute approximate surface area is 119 Å². The summed E-state index contributed by atoms with van der Waals surface area (Å²) in [6.07, 6.45) is 1.95. The molecular weight excluding hydrogens is 284 g/mol. The molecule has 19 heavy (non-hydrogen) atoms. The predicted octanol–water partition coefficient (Wildman–Crippen LogP) is 1.32. The number of hydrogen-bond donors (Lipinski definition) is 2. The lowest BCUT2D eigenvalue weighted by molar-refractivity contribution is 0.340. The van der Waals surface area contributed by atoms with Crippen LogP contribution in [0.15, 0.2) is 24.3 Å². The van der Waals surface area contributed by atoms with E-state index in [0.717, 1.165) is 0 Å². The van der Waals surface area contributed by atoms with Gasteiger partial charge in [-0.25, -0.2) is 13.1 Å². The number of sulfonamides is 1. The van der Waals surface area contributed by atoms with Crippen molar-refractivity contribution in [3.05, 3.63) is 24.3 Å². The molecule has 0 radical (unpaired) electrons. The summed E-state index contributed by atoms with van der Waals surface area (Å²) in [6.45, 7) is 2.50. The van der Waals surface area contributed by atoms with Crippen LogP contribution in [-0.2, 0) is 10.0 Å². The Morgan fingerprint density at radius 1 is 1.47 bits per heavy atom. The topological polar surface area (TPSA) is 81.4 Å². The van der Waals surface area contributed by atoms with E-state index in [4.69, 9.17) is 10.5 Å². The van der Waals surface area contributed by atoms with Gasteiger partial charge in [0.05, 0.1) is 5.75 Å². The molecule has 1 atom stereocenters. The third-order valence-corrected chi connectivity index (χ3v) is 4.75. The molecule has 0 amide bonds. The second kappa shape index (κ2) is 7.62. The second-order valence-corrected chi connectivity index (χ2v) is 7.34. The van der Waals surface area contributed by atoms with Crippen molar-refractivity contribution in [2.45, 2.75) is 12.2 Å². The molecule has 1 unspecified atom stereocenters. The summed E-state index contributed by atoms with van der Waals surface area (Å²) >= 11 is 1.62. The van der Waals surface area contributed by atoms with Gasteiger partial charge >= 0.3 is 0 Å². The van der Waals surface area contributed by atoms with Crippen molar-refractivity contribution in [2.75, 3.05) is 30.9 Å². The fourth-order valence-electron chi connectivity index (χ4n) is 1.27. The highest BCUT2D eigenvalue weighted by atomic mass is 32.2. The largest absolute Gasteiger partial charge is 0.492 e. The number of rotatable bonds is 8. The van der Waals surface area contributed by atoms with E-state index < -0.39 is 10.0 Å². The maximum atomic E-state index is 11.7. The van der Waals surface area contributed by atoms with Crippen LogP contribution in [0.2, 0.25) is 0 Å². The first-order valence-corrected chi connectivity index (χ1v) is 8.85. The number of nitrogen functional groups attached to an aromatic ring is 1. The van der Waals surface area contributed by atoms with E-state index in [1.807, 2.05) is 13.2 Å². The molecule has 0 saturated heterocycles. The first-order chi connectivity index (χ1) is 8.93. The van der Waals surface area contributed by atoms with Crippen molar-refractivity contribution in [3.63, 3.8) is 0 Å². The van der Waals surface area contributed by atoms with Crippen LogP contribution in [0.5, 0.6) is 5.75 Å². The Morgan fingerprint density at radius 2 is 2.21 bits per heavy atom. The normalized spacial score (nSPS) is 13.2. The fraction of sp³-hybridized carbons (Fsp3) is 0.500. The van der Waals surface area contributed by atoms with E-state index in [1.165, 1.54) is 0 Å². The third-order valence-electron chi connectivity index (χ3n) is 2.47. The zero-order valence-electron chi connectivity index (χ0n) is 11.1. The molecule has 7 heteroatoms. The number of nitrogens with two attached hydrogens (primary N) is 1. The molecule has 0 aliphatic heterocycles. The zero-order chi connectivity index (χ0) is 14.3. The van der Waals surface area contributed by atoms with Crippen LogP contribution in [-0.4, -0.2) is 38.8 Å². The third kappa shape index (κ3) is 6.70. The van der Waals surface area contributed by atoms with Gasteiger partial charge in [-0.1, -0.05) is 13.0 Å². The molecule has 0 aliphatic carbocycles. The number of nitrogens with one attached hydrogen (secondary N) is 1. The van der Waals surface area contributed by atoms with E-state index in [9.17, 15) is 8.42 Å². The SMILES string of the molecule is CSC(C)CNS(=O)(=O)CCOc1cccc(N)c1. The standard InChI is InChI=1S/C12H20N2O3S2/c1-10(18-2)9-14-19(15,16)7-6-17-12-5-3-4-11(13)8-12/h3-5,8,10,14H,6-7,9,13H2,1-2H3. The molecule has 108 valence electrons. The number of hydrogen-bond acceptors (Lipinski definition) is 5. The molecule has 0 aliphatic rings. The number of ether oxygens (including phenoxy) is 1. The summed E-state index contributed by atoms with van der Waals surface area (Å²) in [5, 5.41) is 0.254. The van der Waals surface area contributed by atoms with Crippen LogP contribution < -0.4 is 15.2 Å². The molecule has 3 N–H and O–H groups in total. The summed E-state index contributed by atoms with van der Waals surface area (Å²) in [6, 6.07) is 6.91. The lowest BCUT2D eigenvalue weighted by atomic mass is 10.3. The van der Waals surface area contributed by atoms with Gasteiger partial charge in [0.2, 0.25) is 10.0 Å². The van der Waals surface area contributed by atoms with Gasteiger partial charge in [0, 0.05) is 23.5 Å². The van der Waals surface area contributed by atoms with Crippen molar-refractivity contribution in [2.24, 2.45) is 0 Å². The highest BCUT2D eigenvalue weighted by molar-refractivity contribution is 7.99.